The van der Waals surface area contributed by atoms with Crippen LogP contribution in [-0.4, -0.2) is 18.0 Å². The fraction of sp³-hybridized carbons (Fsp3) is 0.562. The second kappa shape index (κ2) is 6.49. The Morgan fingerprint density at radius 1 is 1.15 bits per heavy atom. The molecule has 20 heavy (non-hydrogen) atoms. The summed E-state index contributed by atoms with van der Waals surface area (Å²) in [5.41, 5.74) is 0.725. The number of anilines is 1. The van der Waals surface area contributed by atoms with Crippen molar-refractivity contribution in [2.75, 3.05) is 11.9 Å². The van der Waals surface area contributed by atoms with Gasteiger partial charge in [-0.2, -0.15) is 0 Å². The highest BCUT2D eigenvalue weighted by atomic mass is 35.5. The number of rotatable bonds is 5. The SMILES string of the molecule is CC(C)(C)CC(C)(C)NC(=O)CNc1ccccc1Cl. The van der Waals surface area contributed by atoms with E-state index in [2.05, 4.69) is 31.4 Å². The fourth-order valence-electron chi connectivity index (χ4n) is 2.57. The van der Waals surface area contributed by atoms with Gasteiger partial charge in [-0.1, -0.05) is 44.5 Å². The van der Waals surface area contributed by atoms with Crippen LogP contribution in [0.1, 0.15) is 41.0 Å². The smallest absolute Gasteiger partial charge is 0.239 e. The second-order valence-corrected chi connectivity index (χ2v) is 7.41. The zero-order chi connectivity index (χ0) is 15.4. The summed E-state index contributed by atoms with van der Waals surface area (Å²) < 4.78 is 0. The third-order valence-electron chi connectivity index (χ3n) is 2.76. The van der Waals surface area contributed by atoms with Crippen LogP contribution in [0.3, 0.4) is 0 Å². The Morgan fingerprint density at radius 2 is 1.75 bits per heavy atom. The van der Waals surface area contributed by atoms with E-state index in [0.29, 0.717) is 5.02 Å². The molecule has 2 N–H and O–H groups in total. The summed E-state index contributed by atoms with van der Waals surface area (Å²) in [6.45, 7) is 10.8. The van der Waals surface area contributed by atoms with Gasteiger partial charge in [-0.05, 0) is 37.8 Å². The highest BCUT2D eigenvalue weighted by molar-refractivity contribution is 6.33. The molecule has 0 bridgehead atoms. The highest BCUT2D eigenvalue weighted by Crippen LogP contribution is 2.26. The van der Waals surface area contributed by atoms with Crippen LogP contribution in [0.5, 0.6) is 0 Å². The van der Waals surface area contributed by atoms with Gasteiger partial charge in [0, 0.05) is 5.54 Å². The van der Waals surface area contributed by atoms with E-state index in [1.807, 2.05) is 32.0 Å². The molecule has 0 saturated carbocycles. The summed E-state index contributed by atoms with van der Waals surface area (Å²) >= 11 is 6.03. The van der Waals surface area contributed by atoms with E-state index >= 15 is 0 Å². The maximum Gasteiger partial charge on any atom is 0.239 e. The van der Waals surface area contributed by atoms with Gasteiger partial charge in [0.1, 0.15) is 0 Å². The van der Waals surface area contributed by atoms with Gasteiger partial charge >= 0.3 is 0 Å². The van der Waals surface area contributed by atoms with Gasteiger partial charge in [0.15, 0.2) is 0 Å². The summed E-state index contributed by atoms with van der Waals surface area (Å²) in [7, 11) is 0. The molecule has 0 fully saturated rings. The van der Waals surface area contributed by atoms with E-state index in [1.165, 1.54) is 0 Å². The number of amides is 1. The predicted molar refractivity (Wildman–Crippen MR) is 86.2 cm³/mol. The van der Waals surface area contributed by atoms with Gasteiger partial charge in [-0.3, -0.25) is 4.79 Å². The molecule has 112 valence electrons. The van der Waals surface area contributed by atoms with Gasteiger partial charge in [0.2, 0.25) is 5.91 Å². The molecule has 1 rings (SSSR count). The van der Waals surface area contributed by atoms with Crippen molar-refractivity contribution in [3.8, 4) is 0 Å². The molecule has 0 aromatic heterocycles. The van der Waals surface area contributed by atoms with Crippen molar-refractivity contribution in [2.24, 2.45) is 5.41 Å². The standard InChI is InChI=1S/C16H25ClN2O/c1-15(2,3)11-16(4,5)19-14(20)10-18-13-9-7-6-8-12(13)17/h6-9,18H,10-11H2,1-5H3,(H,19,20). The van der Waals surface area contributed by atoms with Gasteiger partial charge in [0.25, 0.3) is 0 Å². The number of nitrogens with one attached hydrogen (secondary N) is 2. The van der Waals surface area contributed by atoms with Crippen LogP contribution >= 0.6 is 11.6 Å². The highest BCUT2D eigenvalue weighted by Gasteiger charge is 2.26. The van der Waals surface area contributed by atoms with E-state index in [1.54, 1.807) is 6.07 Å². The molecule has 4 heteroatoms. The van der Waals surface area contributed by atoms with Gasteiger partial charge in [-0.15, -0.1) is 0 Å². The lowest BCUT2D eigenvalue weighted by Crippen LogP contribution is -2.47. The maximum absolute atomic E-state index is 12.0. The molecule has 1 aromatic rings. The van der Waals surface area contributed by atoms with Crippen LogP contribution in [0.2, 0.25) is 5.02 Å². The Bertz CT molecular complexity index is 464. The molecule has 0 aliphatic rings. The van der Waals surface area contributed by atoms with Crippen LogP contribution in [0, 0.1) is 5.41 Å². The predicted octanol–water partition coefficient (Wildman–Crippen LogP) is 4.08. The number of benzene rings is 1. The zero-order valence-electron chi connectivity index (χ0n) is 13.0. The second-order valence-electron chi connectivity index (χ2n) is 7.00. The Hall–Kier alpha value is -1.22. The summed E-state index contributed by atoms with van der Waals surface area (Å²) in [6.07, 6.45) is 0.915. The first-order chi connectivity index (χ1) is 9.09. The minimum Gasteiger partial charge on any atom is -0.375 e. The normalized spacial score (nSPS) is 12.1. The summed E-state index contributed by atoms with van der Waals surface area (Å²) in [4.78, 5) is 12.0. The minimum atomic E-state index is -0.225. The minimum absolute atomic E-state index is 0.0285. The molecular formula is C16H25ClN2O. The lowest BCUT2D eigenvalue weighted by atomic mass is 9.82. The zero-order valence-corrected chi connectivity index (χ0v) is 13.8. The van der Waals surface area contributed by atoms with Crippen LogP contribution in [0.15, 0.2) is 24.3 Å². The van der Waals surface area contributed by atoms with Crippen molar-refractivity contribution < 1.29 is 4.79 Å². The molecule has 0 heterocycles. The number of carbonyl (C=O) groups excluding carboxylic acids is 1. The molecule has 1 aromatic carbocycles. The van der Waals surface area contributed by atoms with Crippen LogP contribution in [-0.2, 0) is 4.79 Å². The number of halogens is 1. The molecule has 0 unspecified atom stereocenters. The molecule has 0 aliphatic heterocycles. The van der Waals surface area contributed by atoms with Crippen molar-refractivity contribution in [3.05, 3.63) is 29.3 Å². The third kappa shape index (κ3) is 6.29. The Labute approximate surface area is 127 Å². The first kappa shape index (κ1) is 16.8. The van der Waals surface area contributed by atoms with E-state index in [9.17, 15) is 4.79 Å². The largest absolute Gasteiger partial charge is 0.375 e. The third-order valence-corrected chi connectivity index (χ3v) is 3.09. The van der Waals surface area contributed by atoms with Crippen LogP contribution in [0.4, 0.5) is 5.69 Å². The molecule has 1 amide bonds. The first-order valence-electron chi connectivity index (χ1n) is 6.88. The van der Waals surface area contributed by atoms with Gasteiger partial charge in [-0.25, -0.2) is 0 Å². The average Bonchev–Trinajstić information content (AvgIpc) is 2.23. The van der Waals surface area contributed by atoms with Gasteiger partial charge < -0.3 is 10.6 Å². The summed E-state index contributed by atoms with van der Waals surface area (Å²) in [5, 5.41) is 6.73. The van der Waals surface area contributed by atoms with E-state index in [4.69, 9.17) is 11.6 Å². The first-order valence-corrected chi connectivity index (χ1v) is 7.26. The van der Waals surface area contributed by atoms with E-state index in [-0.39, 0.29) is 23.4 Å². The van der Waals surface area contributed by atoms with Crippen molar-refractivity contribution in [1.29, 1.82) is 0 Å². The molecule has 0 spiro atoms. The summed E-state index contributed by atoms with van der Waals surface area (Å²) in [5.74, 6) is -0.0285. The Kier molecular flexibility index (Phi) is 5.46. The monoisotopic (exact) mass is 296 g/mol. The quantitative estimate of drug-likeness (QED) is 0.859. The Morgan fingerprint density at radius 3 is 2.30 bits per heavy atom. The molecule has 3 nitrogen and oxygen atoms in total. The lowest BCUT2D eigenvalue weighted by molar-refractivity contribution is -0.121. The number of hydrogen-bond acceptors (Lipinski definition) is 2. The molecule has 0 atom stereocenters. The fourth-order valence-corrected chi connectivity index (χ4v) is 2.77. The van der Waals surface area contributed by atoms with E-state index < -0.39 is 0 Å². The van der Waals surface area contributed by atoms with Gasteiger partial charge in [0.05, 0.1) is 17.3 Å². The maximum atomic E-state index is 12.0. The van der Waals surface area contributed by atoms with Crippen molar-refractivity contribution in [2.45, 2.75) is 46.6 Å². The lowest BCUT2D eigenvalue weighted by Gasteiger charge is -2.33. The topological polar surface area (TPSA) is 41.1 Å². The number of carbonyl (C=O) groups is 1. The molecule has 0 saturated heterocycles. The summed E-state index contributed by atoms with van der Waals surface area (Å²) in [6, 6.07) is 7.40. The average molecular weight is 297 g/mol. The van der Waals surface area contributed by atoms with Crippen LogP contribution < -0.4 is 10.6 Å². The van der Waals surface area contributed by atoms with Crippen molar-refractivity contribution >= 4 is 23.2 Å². The van der Waals surface area contributed by atoms with Crippen LogP contribution in [0.25, 0.3) is 0 Å². The van der Waals surface area contributed by atoms with Crippen molar-refractivity contribution in [1.82, 2.24) is 5.32 Å². The molecular weight excluding hydrogens is 272 g/mol. The number of hydrogen-bond donors (Lipinski definition) is 2. The van der Waals surface area contributed by atoms with Crippen molar-refractivity contribution in [3.63, 3.8) is 0 Å². The molecule has 0 aliphatic carbocycles. The molecule has 0 radical (unpaired) electrons. The van der Waals surface area contributed by atoms with E-state index in [0.717, 1.165) is 12.1 Å². The Balaban J connectivity index is 2.50. The number of para-hydroxylation sites is 1.